The molecule has 1 aliphatic rings. The predicted octanol–water partition coefficient (Wildman–Crippen LogP) is 1.98. The van der Waals surface area contributed by atoms with Crippen LogP contribution in [-0.4, -0.2) is 48.2 Å². The molecule has 0 aliphatic carbocycles. The first kappa shape index (κ1) is 16.5. The van der Waals surface area contributed by atoms with E-state index in [9.17, 15) is 9.59 Å². The topological polar surface area (TPSA) is 88.8 Å². The van der Waals surface area contributed by atoms with Crippen LogP contribution in [0.4, 0.5) is 0 Å². The highest BCUT2D eigenvalue weighted by Crippen LogP contribution is 2.30. The number of fused-ring (bicyclic) bond motifs is 1. The lowest BCUT2D eigenvalue weighted by Crippen LogP contribution is -2.49. The SMILES string of the molecule is CC(=O)N1CC(n2cc(-c3cn(-c4ccccc4)c4nc[nH]c(=O)c34)cn2)C1. The van der Waals surface area contributed by atoms with Crippen molar-refractivity contribution in [3.8, 4) is 16.8 Å². The molecular formula is C20H18N6O2. The standard InChI is InChI=1S/C20H18N6O2/c1-13(27)24-9-16(10-24)26-8-14(7-23-26)17-11-25(15-5-3-2-4-6-15)19-18(17)20(28)22-12-21-19/h2-8,11-12,16H,9-10H2,1H3,(H,21,22,28). The van der Waals surface area contributed by atoms with E-state index in [1.54, 1.807) is 18.0 Å². The number of rotatable bonds is 3. The molecule has 1 N–H and O–H groups in total. The maximum atomic E-state index is 12.6. The lowest BCUT2D eigenvalue weighted by molar-refractivity contribution is -0.134. The van der Waals surface area contributed by atoms with E-state index < -0.39 is 0 Å². The van der Waals surface area contributed by atoms with Gasteiger partial charge in [-0.05, 0) is 12.1 Å². The van der Waals surface area contributed by atoms with E-state index in [2.05, 4.69) is 15.1 Å². The largest absolute Gasteiger partial charge is 0.339 e. The number of amides is 1. The first-order valence-electron chi connectivity index (χ1n) is 9.06. The maximum absolute atomic E-state index is 12.6. The molecule has 0 atom stereocenters. The molecule has 1 amide bonds. The normalized spacial score (nSPS) is 14.4. The molecule has 0 bridgehead atoms. The van der Waals surface area contributed by atoms with Crippen LogP contribution >= 0.6 is 0 Å². The minimum Gasteiger partial charge on any atom is -0.339 e. The number of hydrogen-bond donors (Lipinski definition) is 1. The van der Waals surface area contributed by atoms with Crippen molar-refractivity contribution in [3.63, 3.8) is 0 Å². The van der Waals surface area contributed by atoms with Gasteiger partial charge in [0.05, 0.1) is 24.0 Å². The summed E-state index contributed by atoms with van der Waals surface area (Å²) in [6, 6.07) is 9.95. The van der Waals surface area contributed by atoms with Crippen LogP contribution in [0.25, 0.3) is 27.8 Å². The Balaban J connectivity index is 1.59. The fraction of sp³-hybridized carbons (Fsp3) is 0.200. The van der Waals surface area contributed by atoms with Crippen LogP contribution in [0.1, 0.15) is 13.0 Å². The monoisotopic (exact) mass is 374 g/mol. The van der Waals surface area contributed by atoms with Crippen molar-refractivity contribution >= 4 is 16.9 Å². The molecule has 8 heteroatoms. The van der Waals surface area contributed by atoms with Crippen molar-refractivity contribution < 1.29 is 4.79 Å². The van der Waals surface area contributed by atoms with Gasteiger partial charge in [0.15, 0.2) is 5.65 Å². The number of carbonyl (C=O) groups excluding carboxylic acids is 1. The molecule has 4 heterocycles. The van der Waals surface area contributed by atoms with Crippen molar-refractivity contribution in [2.75, 3.05) is 13.1 Å². The second-order valence-corrected chi connectivity index (χ2v) is 6.97. The third-order valence-electron chi connectivity index (χ3n) is 5.22. The zero-order chi connectivity index (χ0) is 19.3. The van der Waals surface area contributed by atoms with E-state index in [0.717, 1.165) is 16.8 Å². The average Bonchev–Trinajstić information content (AvgIpc) is 3.26. The first-order chi connectivity index (χ1) is 13.6. The van der Waals surface area contributed by atoms with E-state index in [1.165, 1.54) is 6.33 Å². The first-order valence-corrected chi connectivity index (χ1v) is 9.06. The number of carbonyl (C=O) groups is 1. The molecule has 4 aromatic rings. The smallest absolute Gasteiger partial charge is 0.260 e. The number of likely N-dealkylation sites (tertiary alicyclic amines) is 1. The van der Waals surface area contributed by atoms with E-state index in [0.29, 0.717) is 24.1 Å². The summed E-state index contributed by atoms with van der Waals surface area (Å²) in [5.74, 6) is 0.0761. The van der Waals surface area contributed by atoms with Crippen molar-refractivity contribution in [1.82, 2.24) is 29.2 Å². The highest BCUT2D eigenvalue weighted by atomic mass is 16.2. The number of nitrogens with zero attached hydrogens (tertiary/aromatic N) is 5. The van der Waals surface area contributed by atoms with Crippen LogP contribution in [0.5, 0.6) is 0 Å². The Morgan fingerprint density at radius 2 is 1.96 bits per heavy atom. The zero-order valence-corrected chi connectivity index (χ0v) is 15.2. The van der Waals surface area contributed by atoms with Gasteiger partial charge in [0.2, 0.25) is 5.91 Å². The molecule has 0 unspecified atom stereocenters. The Kier molecular flexibility index (Phi) is 3.65. The number of aromatic nitrogens is 5. The van der Waals surface area contributed by atoms with Gasteiger partial charge in [0.25, 0.3) is 5.56 Å². The Morgan fingerprint density at radius 3 is 2.71 bits per heavy atom. The molecule has 140 valence electrons. The Labute approximate surface area is 160 Å². The quantitative estimate of drug-likeness (QED) is 0.594. The number of benzene rings is 1. The summed E-state index contributed by atoms with van der Waals surface area (Å²) in [5.41, 5.74) is 2.97. The van der Waals surface area contributed by atoms with E-state index in [4.69, 9.17) is 0 Å². The van der Waals surface area contributed by atoms with E-state index in [-0.39, 0.29) is 17.5 Å². The Morgan fingerprint density at radius 1 is 1.18 bits per heavy atom. The molecule has 0 radical (unpaired) electrons. The van der Waals surface area contributed by atoms with Gasteiger partial charge < -0.3 is 14.5 Å². The van der Waals surface area contributed by atoms with Crippen LogP contribution in [0, 0.1) is 0 Å². The summed E-state index contributed by atoms with van der Waals surface area (Å²) in [7, 11) is 0. The molecule has 1 aliphatic heterocycles. The van der Waals surface area contributed by atoms with Gasteiger partial charge in [-0.1, -0.05) is 18.2 Å². The molecule has 3 aromatic heterocycles. The summed E-state index contributed by atoms with van der Waals surface area (Å²) < 4.78 is 3.78. The molecule has 0 spiro atoms. The Hall–Kier alpha value is -3.68. The summed E-state index contributed by atoms with van der Waals surface area (Å²) >= 11 is 0. The molecule has 8 nitrogen and oxygen atoms in total. The number of nitrogens with one attached hydrogen (secondary N) is 1. The highest BCUT2D eigenvalue weighted by Gasteiger charge is 2.30. The summed E-state index contributed by atoms with van der Waals surface area (Å²) in [5, 5.41) is 5.00. The third kappa shape index (κ3) is 2.53. The summed E-state index contributed by atoms with van der Waals surface area (Å²) in [4.78, 5) is 32.8. The summed E-state index contributed by atoms with van der Waals surface area (Å²) in [6.45, 7) is 2.89. The molecule has 1 aromatic carbocycles. The Bertz CT molecular complexity index is 1230. The number of aromatic amines is 1. The molecule has 1 fully saturated rings. The highest BCUT2D eigenvalue weighted by molar-refractivity contribution is 5.94. The molecule has 1 saturated heterocycles. The van der Waals surface area contributed by atoms with Gasteiger partial charge in [-0.15, -0.1) is 0 Å². The fourth-order valence-corrected chi connectivity index (χ4v) is 3.63. The van der Waals surface area contributed by atoms with Gasteiger partial charge in [-0.3, -0.25) is 14.3 Å². The van der Waals surface area contributed by atoms with E-state index in [1.807, 2.05) is 52.0 Å². The van der Waals surface area contributed by atoms with Gasteiger partial charge in [-0.25, -0.2) is 4.98 Å². The van der Waals surface area contributed by atoms with Crippen LogP contribution in [0.3, 0.4) is 0 Å². The lowest BCUT2D eigenvalue weighted by atomic mass is 10.1. The summed E-state index contributed by atoms with van der Waals surface area (Å²) in [6.07, 6.45) is 7.03. The van der Waals surface area contributed by atoms with Gasteiger partial charge in [-0.2, -0.15) is 5.10 Å². The second kappa shape index (κ2) is 6.19. The van der Waals surface area contributed by atoms with Gasteiger partial charge >= 0.3 is 0 Å². The maximum Gasteiger partial charge on any atom is 0.260 e. The predicted molar refractivity (Wildman–Crippen MR) is 104 cm³/mol. The number of H-pyrrole nitrogens is 1. The average molecular weight is 374 g/mol. The fourth-order valence-electron chi connectivity index (χ4n) is 3.63. The minimum absolute atomic E-state index is 0.0761. The molecular weight excluding hydrogens is 356 g/mol. The molecule has 28 heavy (non-hydrogen) atoms. The lowest BCUT2D eigenvalue weighted by Gasteiger charge is -2.38. The minimum atomic E-state index is -0.186. The van der Waals surface area contributed by atoms with Crippen LogP contribution in [0.2, 0.25) is 0 Å². The van der Waals surface area contributed by atoms with Crippen molar-refractivity contribution in [2.45, 2.75) is 13.0 Å². The van der Waals surface area contributed by atoms with Crippen molar-refractivity contribution in [3.05, 3.63) is 65.6 Å². The van der Waals surface area contributed by atoms with Crippen molar-refractivity contribution in [2.24, 2.45) is 0 Å². The van der Waals surface area contributed by atoms with Gasteiger partial charge in [0, 0.05) is 49.2 Å². The zero-order valence-electron chi connectivity index (χ0n) is 15.2. The number of para-hydroxylation sites is 1. The van der Waals surface area contributed by atoms with Crippen molar-refractivity contribution in [1.29, 1.82) is 0 Å². The second-order valence-electron chi connectivity index (χ2n) is 6.97. The van der Waals surface area contributed by atoms with Crippen LogP contribution < -0.4 is 5.56 Å². The van der Waals surface area contributed by atoms with Gasteiger partial charge in [0.1, 0.15) is 0 Å². The molecule has 0 saturated carbocycles. The number of hydrogen-bond acceptors (Lipinski definition) is 4. The van der Waals surface area contributed by atoms with Crippen LogP contribution in [-0.2, 0) is 4.79 Å². The third-order valence-corrected chi connectivity index (χ3v) is 5.22. The molecule has 5 rings (SSSR count). The van der Waals surface area contributed by atoms with E-state index >= 15 is 0 Å². The van der Waals surface area contributed by atoms with Crippen LogP contribution in [0.15, 0.2) is 60.0 Å².